The molecular weight excluding hydrogens is 290 g/mol. The van der Waals surface area contributed by atoms with Gasteiger partial charge in [0.2, 0.25) is 0 Å². The molecule has 0 saturated carbocycles. The van der Waals surface area contributed by atoms with E-state index in [1.54, 1.807) is 13.0 Å². The molecule has 0 bridgehead atoms. The Bertz CT molecular complexity index is 625. The molecule has 21 heavy (non-hydrogen) atoms. The molecule has 0 fully saturated rings. The molecule has 1 heterocycles. The summed E-state index contributed by atoms with van der Waals surface area (Å²) in [5.74, 6) is 0.348. The summed E-state index contributed by atoms with van der Waals surface area (Å²) in [6.07, 6.45) is 0. The van der Waals surface area contributed by atoms with Crippen molar-refractivity contribution in [3.63, 3.8) is 0 Å². The van der Waals surface area contributed by atoms with Crippen molar-refractivity contribution in [2.75, 3.05) is 20.6 Å². The summed E-state index contributed by atoms with van der Waals surface area (Å²) in [6.45, 7) is 2.18. The van der Waals surface area contributed by atoms with Gasteiger partial charge in [-0.25, -0.2) is 0 Å². The summed E-state index contributed by atoms with van der Waals surface area (Å²) in [4.78, 5) is 14.0. The SMILES string of the molecule is Cc1cc(C(=O)NC[C@H](c2ccccc2Cl)N(C)C)no1. The minimum Gasteiger partial charge on any atom is -0.361 e. The standard InChI is InChI=1S/C15H18ClN3O2/c1-10-8-13(18-21-10)15(20)17-9-14(19(2)3)11-6-4-5-7-12(11)16/h4-8,14H,9H2,1-3H3,(H,17,20)/t14-/m1/s1. The Labute approximate surface area is 128 Å². The van der Waals surface area contributed by atoms with Crippen molar-refractivity contribution in [1.82, 2.24) is 15.4 Å². The van der Waals surface area contributed by atoms with Gasteiger partial charge in [0.25, 0.3) is 5.91 Å². The summed E-state index contributed by atoms with van der Waals surface area (Å²) >= 11 is 6.23. The van der Waals surface area contributed by atoms with Gasteiger partial charge in [-0.3, -0.25) is 4.79 Å². The second kappa shape index (κ2) is 6.74. The van der Waals surface area contributed by atoms with E-state index in [4.69, 9.17) is 16.1 Å². The predicted octanol–water partition coefficient (Wildman–Crippen LogP) is 2.67. The van der Waals surface area contributed by atoms with Gasteiger partial charge in [-0.2, -0.15) is 0 Å². The minimum absolute atomic E-state index is 0.0179. The van der Waals surface area contributed by atoms with Gasteiger partial charge >= 0.3 is 0 Å². The van der Waals surface area contributed by atoms with Gasteiger partial charge < -0.3 is 14.7 Å². The van der Waals surface area contributed by atoms with E-state index in [1.165, 1.54) is 0 Å². The number of nitrogens with one attached hydrogen (secondary N) is 1. The number of nitrogens with zero attached hydrogens (tertiary/aromatic N) is 2. The van der Waals surface area contributed by atoms with Crippen LogP contribution >= 0.6 is 11.6 Å². The summed E-state index contributed by atoms with van der Waals surface area (Å²) in [5.41, 5.74) is 1.25. The molecule has 2 rings (SSSR count). The first-order valence-electron chi connectivity index (χ1n) is 6.61. The quantitative estimate of drug-likeness (QED) is 0.922. The van der Waals surface area contributed by atoms with Gasteiger partial charge in [-0.05, 0) is 32.6 Å². The van der Waals surface area contributed by atoms with E-state index in [0.29, 0.717) is 17.3 Å². The number of likely N-dealkylation sites (N-methyl/N-ethyl adjacent to an activating group) is 1. The van der Waals surface area contributed by atoms with Crippen LogP contribution in [0.4, 0.5) is 0 Å². The number of carbonyl (C=O) groups is 1. The number of benzene rings is 1. The van der Waals surface area contributed by atoms with Gasteiger partial charge in [-0.1, -0.05) is 35.0 Å². The van der Waals surface area contributed by atoms with E-state index in [9.17, 15) is 4.79 Å². The van der Waals surface area contributed by atoms with Crippen molar-refractivity contribution < 1.29 is 9.32 Å². The molecule has 6 heteroatoms. The smallest absolute Gasteiger partial charge is 0.273 e. The summed E-state index contributed by atoms with van der Waals surface area (Å²) in [7, 11) is 3.89. The number of aromatic nitrogens is 1. The number of hydrogen-bond donors (Lipinski definition) is 1. The molecule has 0 radical (unpaired) electrons. The first kappa shape index (κ1) is 15.5. The average molecular weight is 308 g/mol. The molecule has 1 amide bonds. The maximum Gasteiger partial charge on any atom is 0.273 e. The highest BCUT2D eigenvalue weighted by molar-refractivity contribution is 6.31. The minimum atomic E-state index is -0.259. The molecule has 1 atom stereocenters. The molecule has 112 valence electrons. The van der Waals surface area contributed by atoms with Crippen LogP contribution in [0.1, 0.15) is 27.9 Å². The van der Waals surface area contributed by atoms with Crippen molar-refractivity contribution in [1.29, 1.82) is 0 Å². The van der Waals surface area contributed by atoms with Crippen LogP contribution in [0.25, 0.3) is 0 Å². The molecule has 5 nitrogen and oxygen atoms in total. The molecule has 0 unspecified atom stereocenters. The number of hydrogen-bond acceptors (Lipinski definition) is 4. The summed E-state index contributed by atoms with van der Waals surface area (Å²) < 4.78 is 4.90. The molecule has 0 saturated heterocycles. The van der Waals surface area contributed by atoms with Crippen LogP contribution in [-0.2, 0) is 0 Å². The van der Waals surface area contributed by atoms with E-state index in [-0.39, 0.29) is 17.6 Å². The highest BCUT2D eigenvalue weighted by Gasteiger charge is 2.19. The van der Waals surface area contributed by atoms with Crippen molar-refractivity contribution in [2.45, 2.75) is 13.0 Å². The number of aryl methyl sites for hydroxylation is 1. The first-order valence-corrected chi connectivity index (χ1v) is 6.99. The molecule has 0 aliphatic rings. The van der Waals surface area contributed by atoms with Crippen molar-refractivity contribution >= 4 is 17.5 Å². The van der Waals surface area contributed by atoms with Crippen LogP contribution in [-0.4, -0.2) is 36.6 Å². The third kappa shape index (κ3) is 3.83. The Kier molecular flexibility index (Phi) is 4.98. The second-order valence-electron chi connectivity index (χ2n) is 5.03. The molecule has 2 aromatic rings. The number of carbonyl (C=O) groups excluding carboxylic acids is 1. The highest BCUT2D eigenvalue weighted by atomic mass is 35.5. The Hall–Kier alpha value is -1.85. The molecular formula is C15H18ClN3O2. The van der Waals surface area contributed by atoms with E-state index in [1.807, 2.05) is 43.3 Å². The fourth-order valence-corrected chi connectivity index (χ4v) is 2.33. The largest absolute Gasteiger partial charge is 0.361 e. The lowest BCUT2D eigenvalue weighted by Gasteiger charge is -2.25. The molecule has 1 aromatic heterocycles. The van der Waals surface area contributed by atoms with Crippen molar-refractivity contribution in [3.8, 4) is 0 Å². The molecule has 1 N–H and O–H groups in total. The van der Waals surface area contributed by atoms with Crippen LogP contribution < -0.4 is 5.32 Å². The molecule has 0 aliphatic heterocycles. The fraction of sp³-hybridized carbons (Fsp3) is 0.333. The van der Waals surface area contributed by atoms with Gasteiger partial charge in [0.1, 0.15) is 5.76 Å². The Morgan fingerprint density at radius 3 is 2.71 bits per heavy atom. The van der Waals surface area contributed by atoms with Crippen LogP contribution in [0.15, 0.2) is 34.9 Å². The van der Waals surface area contributed by atoms with E-state index in [0.717, 1.165) is 5.56 Å². The van der Waals surface area contributed by atoms with Gasteiger partial charge in [0.15, 0.2) is 5.69 Å². The van der Waals surface area contributed by atoms with Crippen LogP contribution in [0, 0.1) is 6.92 Å². The van der Waals surface area contributed by atoms with Crippen molar-refractivity contribution in [2.24, 2.45) is 0 Å². The van der Waals surface area contributed by atoms with Crippen molar-refractivity contribution in [3.05, 3.63) is 52.4 Å². The Morgan fingerprint density at radius 2 is 2.14 bits per heavy atom. The van der Waals surface area contributed by atoms with Gasteiger partial charge in [-0.15, -0.1) is 0 Å². The zero-order valence-corrected chi connectivity index (χ0v) is 13.0. The molecule has 0 aliphatic carbocycles. The lowest BCUT2D eigenvalue weighted by molar-refractivity contribution is 0.0933. The molecule has 0 spiro atoms. The fourth-order valence-electron chi connectivity index (χ4n) is 2.07. The lowest BCUT2D eigenvalue weighted by Crippen LogP contribution is -2.34. The number of halogens is 1. The third-order valence-corrected chi connectivity index (χ3v) is 3.55. The van der Waals surface area contributed by atoms with Crippen LogP contribution in [0.3, 0.4) is 0 Å². The predicted molar refractivity (Wildman–Crippen MR) is 81.5 cm³/mol. The zero-order chi connectivity index (χ0) is 15.4. The maximum atomic E-state index is 12.0. The number of rotatable bonds is 5. The van der Waals surface area contributed by atoms with Gasteiger partial charge in [0.05, 0.1) is 6.04 Å². The zero-order valence-electron chi connectivity index (χ0n) is 12.3. The van der Waals surface area contributed by atoms with E-state index >= 15 is 0 Å². The normalized spacial score (nSPS) is 12.4. The maximum absolute atomic E-state index is 12.0. The summed E-state index contributed by atoms with van der Waals surface area (Å²) in [5, 5.41) is 7.24. The Balaban J connectivity index is 2.08. The number of amides is 1. The van der Waals surface area contributed by atoms with E-state index < -0.39 is 0 Å². The lowest BCUT2D eigenvalue weighted by atomic mass is 10.1. The highest BCUT2D eigenvalue weighted by Crippen LogP contribution is 2.25. The molecule has 1 aromatic carbocycles. The topological polar surface area (TPSA) is 58.4 Å². The van der Waals surface area contributed by atoms with Gasteiger partial charge in [0, 0.05) is 17.6 Å². The monoisotopic (exact) mass is 307 g/mol. The first-order chi connectivity index (χ1) is 9.99. The van der Waals surface area contributed by atoms with E-state index in [2.05, 4.69) is 10.5 Å². The second-order valence-corrected chi connectivity index (χ2v) is 5.44. The average Bonchev–Trinajstić information content (AvgIpc) is 2.87. The van der Waals surface area contributed by atoms with Crippen LogP contribution in [0.5, 0.6) is 0 Å². The summed E-state index contributed by atoms with van der Waals surface area (Å²) in [6, 6.07) is 9.21. The van der Waals surface area contributed by atoms with Crippen LogP contribution in [0.2, 0.25) is 5.02 Å². The Morgan fingerprint density at radius 1 is 1.43 bits per heavy atom. The third-order valence-electron chi connectivity index (χ3n) is 3.20.